The van der Waals surface area contributed by atoms with Gasteiger partial charge in [-0.25, -0.2) is 4.98 Å². The van der Waals surface area contributed by atoms with E-state index in [0.717, 1.165) is 42.1 Å². The largest absolute Gasteiger partial charge is 0.466 e. The zero-order chi connectivity index (χ0) is 16.7. The normalized spacial score (nSPS) is 17.5. The first-order valence-electron chi connectivity index (χ1n) is 8.10. The van der Waals surface area contributed by atoms with Crippen LogP contribution in [0.2, 0.25) is 0 Å². The van der Waals surface area contributed by atoms with Crippen molar-refractivity contribution in [2.24, 2.45) is 0 Å². The van der Waals surface area contributed by atoms with E-state index in [1.165, 1.54) is 0 Å². The van der Waals surface area contributed by atoms with Gasteiger partial charge in [0.15, 0.2) is 0 Å². The lowest BCUT2D eigenvalue weighted by atomic mass is 10.2. The molecule has 1 saturated heterocycles. The Morgan fingerprint density at radius 3 is 2.92 bits per heavy atom. The topological polar surface area (TPSA) is 80.1 Å². The Kier molecular flexibility index (Phi) is 3.61. The second-order valence-electron chi connectivity index (χ2n) is 6.14. The Bertz CT molecular complexity index is 904. The van der Waals surface area contributed by atoms with E-state index >= 15 is 0 Å². The molecule has 1 amide bonds. The Labute approximate surface area is 139 Å². The van der Waals surface area contributed by atoms with E-state index in [1.807, 2.05) is 25.1 Å². The maximum atomic E-state index is 12.4. The van der Waals surface area contributed by atoms with Crippen LogP contribution in [0.25, 0.3) is 11.0 Å². The zero-order valence-corrected chi connectivity index (χ0v) is 13.7. The van der Waals surface area contributed by atoms with Crippen LogP contribution in [0.4, 0.5) is 5.69 Å². The molecule has 0 unspecified atom stereocenters. The predicted molar refractivity (Wildman–Crippen MR) is 90.2 cm³/mol. The number of aromatic amines is 1. The molecule has 0 bridgehead atoms. The first-order valence-corrected chi connectivity index (χ1v) is 8.10. The summed E-state index contributed by atoms with van der Waals surface area (Å²) in [6.07, 6.45) is 2.10. The maximum absolute atomic E-state index is 12.4. The van der Waals surface area contributed by atoms with Crippen LogP contribution in [0, 0.1) is 13.8 Å². The highest BCUT2D eigenvalue weighted by Gasteiger charge is 2.21. The van der Waals surface area contributed by atoms with Gasteiger partial charge in [0.2, 0.25) is 0 Å². The van der Waals surface area contributed by atoms with E-state index in [0.29, 0.717) is 17.0 Å². The third kappa shape index (κ3) is 2.69. The highest BCUT2D eigenvalue weighted by atomic mass is 16.5. The highest BCUT2D eigenvalue weighted by molar-refractivity contribution is 6.05. The van der Waals surface area contributed by atoms with Crippen LogP contribution in [0.15, 0.2) is 28.7 Å². The Hall–Kier alpha value is -2.60. The molecule has 24 heavy (non-hydrogen) atoms. The molecule has 6 nitrogen and oxygen atoms in total. The molecule has 4 rings (SSSR count). The fourth-order valence-corrected chi connectivity index (χ4v) is 3.11. The summed E-state index contributed by atoms with van der Waals surface area (Å²) in [6.45, 7) is 4.40. The molecule has 3 aromatic rings. The fraction of sp³-hybridized carbons (Fsp3) is 0.333. The number of amides is 1. The number of H-pyrrole nitrogens is 1. The number of aryl methyl sites for hydroxylation is 2. The van der Waals surface area contributed by atoms with Crippen molar-refractivity contribution in [3.63, 3.8) is 0 Å². The van der Waals surface area contributed by atoms with Gasteiger partial charge < -0.3 is 19.5 Å². The molecule has 1 atom stereocenters. The van der Waals surface area contributed by atoms with E-state index in [2.05, 4.69) is 15.3 Å². The number of hydrogen-bond acceptors (Lipinski definition) is 4. The standard InChI is InChI=1S/C18H19N3O3/c1-10-8-13(11(2)24-10)18(22)19-12-5-6-14-15(9-12)21-17(20-14)16-4-3-7-23-16/h5-6,8-9,16H,3-4,7H2,1-2H3,(H,19,22)(H,20,21)/t16-/m0/s1. The van der Waals surface area contributed by atoms with Crippen molar-refractivity contribution < 1.29 is 13.9 Å². The Morgan fingerprint density at radius 2 is 2.21 bits per heavy atom. The Balaban J connectivity index is 1.58. The van der Waals surface area contributed by atoms with Gasteiger partial charge in [-0.3, -0.25) is 4.79 Å². The van der Waals surface area contributed by atoms with E-state index in [4.69, 9.17) is 9.15 Å². The van der Waals surface area contributed by atoms with Crippen LogP contribution in [0.3, 0.4) is 0 Å². The number of hydrogen-bond donors (Lipinski definition) is 2. The molecule has 124 valence electrons. The van der Waals surface area contributed by atoms with Crippen molar-refractivity contribution in [2.45, 2.75) is 32.8 Å². The smallest absolute Gasteiger partial charge is 0.259 e. The summed E-state index contributed by atoms with van der Waals surface area (Å²) in [4.78, 5) is 20.3. The van der Waals surface area contributed by atoms with Crippen molar-refractivity contribution >= 4 is 22.6 Å². The van der Waals surface area contributed by atoms with Crippen molar-refractivity contribution in [2.75, 3.05) is 11.9 Å². The number of nitrogens with zero attached hydrogens (tertiary/aromatic N) is 1. The molecule has 0 radical (unpaired) electrons. The average molecular weight is 325 g/mol. The van der Waals surface area contributed by atoms with Gasteiger partial charge in [0.25, 0.3) is 5.91 Å². The first kappa shape index (κ1) is 15.0. The lowest BCUT2D eigenvalue weighted by molar-refractivity contribution is 0.102. The molecule has 0 spiro atoms. The quantitative estimate of drug-likeness (QED) is 0.766. The van der Waals surface area contributed by atoms with Crippen LogP contribution in [-0.4, -0.2) is 22.5 Å². The highest BCUT2D eigenvalue weighted by Crippen LogP contribution is 2.28. The van der Waals surface area contributed by atoms with Crippen LogP contribution in [0.1, 0.15) is 46.6 Å². The van der Waals surface area contributed by atoms with Crippen LogP contribution >= 0.6 is 0 Å². The maximum Gasteiger partial charge on any atom is 0.259 e. The molecule has 0 saturated carbocycles. The van der Waals surface area contributed by atoms with Crippen molar-refractivity contribution in [1.82, 2.24) is 9.97 Å². The van der Waals surface area contributed by atoms with Gasteiger partial charge in [-0.2, -0.15) is 0 Å². The number of fused-ring (bicyclic) bond motifs is 1. The summed E-state index contributed by atoms with van der Waals surface area (Å²) >= 11 is 0. The number of aromatic nitrogens is 2. The third-order valence-corrected chi connectivity index (χ3v) is 4.28. The van der Waals surface area contributed by atoms with Gasteiger partial charge >= 0.3 is 0 Å². The summed E-state index contributed by atoms with van der Waals surface area (Å²) in [5.41, 5.74) is 3.03. The molecule has 2 N–H and O–H groups in total. The van der Waals surface area contributed by atoms with Crippen LogP contribution in [0.5, 0.6) is 0 Å². The van der Waals surface area contributed by atoms with E-state index < -0.39 is 0 Å². The second-order valence-corrected chi connectivity index (χ2v) is 6.14. The molecule has 1 aliphatic rings. The number of carbonyl (C=O) groups excluding carboxylic acids is 1. The minimum Gasteiger partial charge on any atom is -0.466 e. The number of imidazole rings is 1. The van der Waals surface area contributed by atoms with Crippen LogP contribution in [-0.2, 0) is 4.74 Å². The van der Waals surface area contributed by atoms with Gasteiger partial charge in [-0.15, -0.1) is 0 Å². The van der Waals surface area contributed by atoms with Gasteiger partial charge in [-0.05, 0) is 51.0 Å². The molecular formula is C18H19N3O3. The summed E-state index contributed by atoms with van der Waals surface area (Å²) < 4.78 is 11.1. The number of anilines is 1. The minimum absolute atomic E-state index is 0.0481. The summed E-state index contributed by atoms with van der Waals surface area (Å²) in [7, 11) is 0. The SMILES string of the molecule is Cc1cc(C(=O)Nc2ccc3nc([C@@H]4CCCO4)[nH]c3c2)c(C)o1. The molecule has 0 aliphatic carbocycles. The molecule has 3 heterocycles. The van der Waals surface area contributed by atoms with Crippen molar-refractivity contribution in [1.29, 1.82) is 0 Å². The van der Waals surface area contributed by atoms with E-state index in [-0.39, 0.29) is 12.0 Å². The first-order chi connectivity index (χ1) is 11.6. The number of furan rings is 1. The predicted octanol–water partition coefficient (Wildman–Crippen LogP) is 3.88. The molecule has 1 aromatic carbocycles. The van der Waals surface area contributed by atoms with Gasteiger partial charge in [0, 0.05) is 12.3 Å². The number of nitrogens with one attached hydrogen (secondary N) is 2. The van der Waals surface area contributed by atoms with Gasteiger partial charge in [0.05, 0.1) is 16.6 Å². The zero-order valence-electron chi connectivity index (χ0n) is 13.7. The number of ether oxygens (including phenoxy) is 1. The molecule has 1 fully saturated rings. The Morgan fingerprint density at radius 1 is 1.33 bits per heavy atom. The molecule has 1 aliphatic heterocycles. The second kappa shape index (κ2) is 5.79. The van der Waals surface area contributed by atoms with E-state index in [9.17, 15) is 4.79 Å². The van der Waals surface area contributed by atoms with Gasteiger partial charge in [-0.1, -0.05) is 0 Å². The monoisotopic (exact) mass is 325 g/mol. The third-order valence-electron chi connectivity index (χ3n) is 4.28. The minimum atomic E-state index is -0.178. The van der Waals surface area contributed by atoms with Crippen molar-refractivity contribution in [3.05, 3.63) is 47.2 Å². The van der Waals surface area contributed by atoms with Crippen molar-refractivity contribution in [3.8, 4) is 0 Å². The molecule has 6 heteroatoms. The lowest BCUT2D eigenvalue weighted by Gasteiger charge is -2.04. The molecular weight excluding hydrogens is 306 g/mol. The van der Waals surface area contributed by atoms with Gasteiger partial charge in [0.1, 0.15) is 23.4 Å². The number of benzene rings is 1. The van der Waals surface area contributed by atoms with E-state index in [1.54, 1.807) is 13.0 Å². The number of carbonyl (C=O) groups is 1. The van der Waals surface area contributed by atoms with Crippen LogP contribution < -0.4 is 5.32 Å². The lowest BCUT2D eigenvalue weighted by Crippen LogP contribution is -2.11. The summed E-state index contributed by atoms with van der Waals surface area (Å²) in [5.74, 6) is 2.02. The molecule has 2 aromatic heterocycles. The summed E-state index contributed by atoms with van der Waals surface area (Å²) in [5, 5.41) is 2.91. The number of rotatable bonds is 3. The fourth-order valence-electron chi connectivity index (χ4n) is 3.11. The average Bonchev–Trinajstić information content (AvgIpc) is 3.25. The summed E-state index contributed by atoms with van der Waals surface area (Å²) in [6, 6.07) is 7.38.